The Morgan fingerprint density at radius 3 is 2.60 bits per heavy atom. The molecule has 2 heterocycles. The number of aryl methyl sites for hydroxylation is 2. The molecule has 1 fully saturated rings. The van der Waals surface area contributed by atoms with Crippen molar-refractivity contribution >= 4 is 56.8 Å². The molecule has 5 rings (SSSR count). The molecule has 0 radical (unpaired) electrons. The summed E-state index contributed by atoms with van der Waals surface area (Å²) < 4.78 is 6.51. The van der Waals surface area contributed by atoms with Gasteiger partial charge in [-0.2, -0.15) is 0 Å². The fourth-order valence-corrected chi connectivity index (χ4v) is 4.92. The Kier molecular flexibility index (Phi) is 6.26. The maximum absolute atomic E-state index is 12.1. The third-order valence-corrected chi connectivity index (χ3v) is 7.41. The molecule has 7 heteroatoms. The minimum absolute atomic E-state index is 0.116. The van der Waals surface area contributed by atoms with E-state index in [1.54, 1.807) is 24.8 Å². The van der Waals surface area contributed by atoms with Crippen molar-refractivity contribution in [1.29, 1.82) is 0 Å². The van der Waals surface area contributed by atoms with Crippen LogP contribution >= 0.6 is 11.3 Å². The monoisotopic (exact) mass is 484 g/mol. The van der Waals surface area contributed by atoms with Crippen LogP contribution in [0.3, 0.4) is 0 Å². The van der Waals surface area contributed by atoms with Crippen molar-refractivity contribution in [2.24, 2.45) is 5.92 Å². The zero-order valence-electron chi connectivity index (χ0n) is 20.3. The van der Waals surface area contributed by atoms with Gasteiger partial charge in [0.05, 0.1) is 17.3 Å². The smallest absolute Gasteiger partial charge is 0.227 e. The number of carbonyl (C=O) groups is 1. The van der Waals surface area contributed by atoms with Crippen molar-refractivity contribution in [1.82, 2.24) is 9.97 Å². The Hall–Kier alpha value is -3.71. The van der Waals surface area contributed by atoms with Crippen molar-refractivity contribution in [3.8, 4) is 5.75 Å². The number of nitrogens with one attached hydrogen (secondary N) is 2. The highest BCUT2D eigenvalue weighted by Crippen LogP contribution is 2.34. The number of anilines is 3. The Balaban J connectivity index is 1.41. The summed E-state index contributed by atoms with van der Waals surface area (Å²) in [6.07, 6.45) is 7.72. The molecule has 1 aliphatic rings. The molecule has 0 aliphatic heterocycles. The molecule has 1 saturated carbocycles. The number of aromatic nitrogens is 2. The van der Waals surface area contributed by atoms with E-state index >= 15 is 0 Å². The molecule has 2 aromatic heterocycles. The van der Waals surface area contributed by atoms with Gasteiger partial charge in [-0.25, -0.2) is 9.97 Å². The number of carbonyl (C=O) groups excluding carboxylic acids is 1. The van der Waals surface area contributed by atoms with Gasteiger partial charge in [-0.15, -0.1) is 11.3 Å². The minimum Gasteiger partial charge on any atom is -0.496 e. The summed E-state index contributed by atoms with van der Waals surface area (Å²) in [5.74, 6) is 1.91. The molecule has 6 nitrogen and oxygen atoms in total. The van der Waals surface area contributed by atoms with Crippen LogP contribution in [0.4, 0.5) is 17.2 Å². The van der Waals surface area contributed by atoms with Gasteiger partial charge >= 0.3 is 0 Å². The van der Waals surface area contributed by atoms with E-state index in [-0.39, 0.29) is 11.8 Å². The summed E-state index contributed by atoms with van der Waals surface area (Å²) in [5.41, 5.74) is 8.17. The summed E-state index contributed by atoms with van der Waals surface area (Å²) in [6, 6.07) is 10.1. The zero-order valence-corrected chi connectivity index (χ0v) is 21.1. The van der Waals surface area contributed by atoms with Crippen LogP contribution in [0.15, 0.2) is 42.0 Å². The van der Waals surface area contributed by atoms with Gasteiger partial charge in [-0.05, 0) is 74.1 Å². The number of hydrogen-bond acceptors (Lipinski definition) is 6. The Morgan fingerprint density at radius 2 is 1.83 bits per heavy atom. The number of benzene rings is 2. The normalized spacial score (nSPS) is 13.4. The number of nitrogens with zero attached hydrogens (tertiary/aromatic N) is 2. The van der Waals surface area contributed by atoms with E-state index in [4.69, 9.17) is 4.74 Å². The second-order valence-corrected chi connectivity index (χ2v) is 9.88. The fraction of sp³-hybridized carbons (Fsp3) is 0.250. The number of ether oxygens (including phenoxy) is 1. The van der Waals surface area contributed by atoms with Crippen LogP contribution in [0.1, 0.15) is 40.7 Å². The highest BCUT2D eigenvalue weighted by Gasteiger charge is 2.29. The first-order valence-electron chi connectivity index (χ1n) is 11.7. The Bertz CT molecular complexity index is 1450. The third-order valence-electron chi connectivity index (χ3n) is 6.42. The zero-order chi connectivity index (χ0) is 24.5. The van der Waals surface area contributed by atoms with E-state index in [9.17, 15) is 4.79 Å². The van der Waals surface area contributed by atoms with Gasteiger partial charge in [0.25, 0.3) is 0 Å². The quantitative estimate of drug-likeness (QED) is 0.299. The van der Waals surface area contributed by atoms with E-state index in [1.165, 1.54) is 0 Å². The summed E-state index contributed by atoms with van der Waals surface area (Å²) in [6.45, 7) is 6.19. The maximum atomic E-state index is 12.1. The van der Waals surface area contributed by atoms with Crippen LogP contribution in [0.25, 0.3) is 22.4 Å². The lowest BCUT2D eigenvalue weighted by Gasteiger charge is -2.12. The van der Waals surface area contributed by atoms with Gasteiger partial charge in [0, 0.05) is 34.3 Å². The Labute approximate surface area is 209 Å². The summed E-state index contributed by atoms with van der Waals surface area (Å²) >= 11 is 1.61. The molecule has 35 heavy (non-hydrogen) atoms. The van der Waals surface area contributed by atoms with Crippen molar-refractivity contribution < 1.29 is 9.53 Å². The van der Waals surface area contributed by atoms with Crippen LogP contribution in [0.5, 0.6) is 5.75 Å². The largest absolute Gasteiger partial charge is 0.496 e. The van der Waals surface area contributed by atoms with Crippen molar-refractivity contribution in [3.63, 3.8) is 0 Å². The predicted molar refractivity (Wildman–Crippen MR) is 145 cm³/mol. The van der Waals surface area contributed by atoms with Crippen LogP contribution < -0.4 is 15.4 Å². The van der Waals surface area contributed by atoms with Crippen molar-refractivity contribution in [2.75, 3.05) is 17.7 Å². The molecule has 0 atom stereocenters. The molecule has 1 amide bonds. The van der Waals surface area contributed by atoms with E-state index in [0.717, 1.165) is 73.8 Å². The summed E-state index contributed by atoms with van der Waals surface area (Å²) in [5, 5.41) is 8.57. The van der Waals surface area contributed by atoms with E-state index in [0.29, 0.717) is 0 Å². The lowest BCUT2D eigenvalue weighted by molar-refractivity contribution is -0.117. The highest BCUT2D eigenvalue weighted by atomic mass is 32.1. The average molecular weight is 485 g/mol. The lowest BCUT2D eigenvalue weighted by atomic mass is 10.1. The lowest BCUT2D eigenvalue weighted by Crippen LogP contribution is -2.13. The molecule has 4 aromatic rings. The molecule has 0 unspecified atom stereocenters. The molecule has 178 valence electrons. The molecule has 2 N–H and O–H groups in total. The van der Waals surface area contributed by atoms with Gasteiger partial charge in [-0.1, -0.05) is 18.2 Å². The van der Waals surface area contributed by atoms with Crippen LogP contribution in [-0.4, -0.2) is 23.0 Å². The average Bonchev–Trinajstić information content (AvgIpc) is 3.62. The number of amides is 1. The number of rotatable bonds is 7. The van der Waals surface area contributed by atoms with Gasteiger partial charge in [0.2, 0.25) is 5.91 Å². The molecular formula is C28H28N4O2S. The van der Waals surface area contributed by atoms with Crippen LogP contribution in [0.2, 0.25) is 0 Å². The van der Waals surface area contributed by atoms with Gasteiger partial charge in [-0.3, -0.25) is 4.79 Å². The molecular weight excluding hydrogens is 456 g/mol. The van der Waals surface area contributed by atoms with Crippen molar-refractivity contribution in [3.05, 3.63) is 69.9 Å². The predicted octanol–water partition coefficient (Wildman–Crippen LogP) is 6.89. The maximum Gasteiger partial charge on any atom is 0.227 e. The first-order chi connectivity index (χ1) is 16.9. The minimum atomic E-state index is 0.116. The van der Waals surface area contributed by atoms with Gasteiger partial charge in [0.15, 0.2) is 5.82 Å². The first kappa shape index (κ1) is 23.1. The number of hydrogen-bond donors (Lipinski definition) is 2. The second-order valence-electron chi connectivity index (χ2n) is 9.00. The summed E-state index contributed by atoms with van der Waals surface area (Å²) in [4.78, 5) is 21.2. The van der Waals surface area contributed by atoms with Crippen LogP contribution in [0, 0.1) is 26.7 Å². The number of methoxy groups -OCH3 is 1. The van der Waals surface area contributed by atoms with E-state index < -0.39 is 0 Å². The molecule has 2 aromatic carbocycles. The first-order valence-corrected chi connectivity index (χ1v) is 12.5. The third kappa shape index (κ3) is 4.91. The topological polar surface area (TPSA) is 76.1 Å². The van der Waals surface area contributed by atoms with Crippen molar-refractivity contribution in [2.45, 2.75) is 33.6 Å². The molecule has 0 bridgehead atoms. The number of fused-ring (bicyclic) bond motifs is 1. The Morgan fingerprint density at radius 1 is 1.03 bits per heavy atom. The number of thiophene rings is 1. The van der Waals surface area contributed by atoms with Crippen LogP contribution in [-0.2, 0) is 4.79 Å². The SMILES string of the molecule is COc1cc(Nc2ncnc3c(/C=C/c4cc(NC(=O)C5CC5)ccc4C)csc23)cc(C)c1C. The van der Waals surface area contributed by atoms with Gasteiger partial charge < -0.3 is 15.4 Å². The van der Waals surface area contributed by atoms with E-state index in [2.05, 4.69) is 65.0 Å². The molecule has 1 aliphatic carbocycles. The summed E-state index contributed by atoms with van der Waals surface area (Å²) in [7, 11) is 1.69. The second kappa shape index (κ2) is 9.50. The van der Waals surface area contributed by atoms with E-state index in [1.807, 2.05) is 24.3 Å². The molecule has 0 saturated heterocycles. The fourth-order valence-electron chi connectivity index (χ4n) is 3.99. The molecule has 0 spiro atoms. The standard InChI is InChI=1S/C28H28N4O2S/c1-16-5-10-22(32-28(33)19-6-7-19)12-20(16)8-9-21-14-35-26-25(21)29-15-30-27(26)31-23-11-17(2)18(3)24(13-23)34-4/h5,8-15,19H,6-7H2,1-4H3,(H,32,33)(H,29,30,31)/b9-8+. The highest BCUT2D eigenvalue weighted by molar-refractivity contribution is 7.18. The van der Waals surface area contributed by atoms with Gasteiger partial charge in [0.1, 0.15) is 12.1 Å².